The van der Waals surface area contributed by atoms with Gasteiger partial charge in [0.25, 0.3) is 0 Å². The molecule has 0 fully saturated rings. The third kappa shape index (κ3) is 6.55. The molecule has 0 spiro atoms. The van der Waals surface area contributed by atoms with Crippen molar-refractivity contribution in [2.24, 2.45) is 5.92 Å². The van der Waals surface area contributed by atoms with Gasteiger partial charge in [0.05, 0.1) is 0 Å². The highest BCUT2D eigenvalue weighted by atomic mass is 79.9. The SMILES string of the molecule is CCCCC(CNCCC)Cc1ccc(Br)cc1. The van der Waals surface area contributed by atoms with Gasteiger partial charge in [-0.1, -0.05) is 54.8 Å². The van der Waals surface area contributed by atoms with Crippen LogP contribution in [0.1, 0.15) is 45.1 Å². The molecule has 2 heteroatoms. The molecule has 1 unspecified atom stereocenters. The Morgan fingerprint density at radius 1 is 1.11 bits per heavy atom. The molecule has 1 aromatic carbocycles. The molecule has 1 N–H and O–H groups in total. The lowest BCUT2D eigenvalue weighted by atomic mass is 9.94. The first-order valence-corrected chi connectivity index (χ1v) is 8.00. The molecule has 0 saturated carbocycles. The van der Waals surface area contributed by atoms with E-state index in [4.69, 9.17) is 0 Å². The molecule has 0 aliphatic rings. The lowest BCUT2D eigenvalue weighted by molar-refractivity contribution is 0.429. The van der Waals surface area contributed by atoms with Gasteiger partial charge in [-0.15, -0.1) is 0 Å². The van der Waals surface area contributed by atoms with Gasteiger partial charge >= 0.3 is 0 Å². The molecule has 0 aliphatic carbocycles. The van der Waals surface area contributed by atoms with Gasteiger partial charge in [0.1, 0.15) is 0 Å². The number of hydrogen-bond acceptors (Lipinski definition) is 1. The Hall–Kier alpha value is -0.340. The summed E-state index contributed by atoms with van der Waals surface area (Å²) in [5.74, 6) is 0.776. The van der Waals surface area contributed by atoms with Crippen LogP contribution in [-0.2, 0) is 6.42 Å². The molecule has 102 valence electrons. The van der Waals surface area contributed by atoms with Crippen LogP contribution in [0.15, 0.2) is 28.7 Å². The summed E-state index contributed by atoms with van der Waals surface area (Å²) in [6.07, 6.45) is 6.39. The summed E-state index contributed by atoms with van der Waals surface area (Å²) in [4.78, 5) is 0. The number of halogens is 1. The first kappa shape index (κ1) is 15.7. The van der Waals surface area contributed by atoms with Gasteiger partial charge in [0.2, 0.25) is 0 Å². The van der Waals surface area contributed by atoms with Gasteiger partial charge in [0.15, 0.2) is 0 Å². The first-order valence-electron chi connectivity index (χ1n) is 7.21. The number of nitrogens with one attached hydrogen (secondary N) is 1. The molecule has 0 aromatic heterocycles. The number of benzene rings is 1. The third-order valence-electron chi connectivity index (χ3n) is 3.26. The van der Waals surface area contributed by atoms with Crippen molar-refractivity contribution in [2.75, 3.05) is 13.1 Å². The summed E-state index contributed by atoms with van der Waals surface area (Å²) in [5.41, 5.74) is 1.46. The normalized spacial score (nSPS) is 12.6. The fourth-order valence-electron chi connectivity index (χ4n) is 2.21. The molecule has 0 radical (unpaired) electrons. The fraction of sp³-hybridized carbons (Fsp3) is 0.625. The highest BCUT2D eigenvalue weighted by Gasteiger charge is 2.09. The average molecular weight is 312 g/mol. The van der Waals surface area contributed by atoms with E-state index in [0.29, 0.717) is 0 Å². The van der Waals surface area contributed by atoms with Crippen LogP contribution in [-0.4, -0.2) is 13.1 Å². The van der Waals surface area contributed by atoms with E-state index < -0.39 is 0 Å². The standard InChI is InChI=1S/C16H26BrN/c1-3-5-6-15(13-18-11-4-2)12-14-7-9-16(17)10-8-14/h7-10,15,18H,3-6,11-13H2,1-2H3. The van der Waals surface area contributed by atoms with Crippen LogP contribution in [0.5, 0.6) is 0 Å². The Bertz CT molecular complexity index is 307. The van der Waals surface area contributed by atoms with Crippen molar-refractivity contribution in [1.82, 2.24) is 5.32 Å². The van der Waals surface area contributed by atoms with E-state index in [2.05, 4.69) is 59.4 Å². The summed E-state index contributed by atoms with van der Waals surface area (Å²) in [7, 11) is 0. The predicted octanol–water partition coefficient (Wildman–Crippen LogP) is 4.80. The number of unbranched alkanes of at least 4 members (excludes halogenated alkanes) is 1. The van der Waals surface area contributed by atoms with E-state index in [0.717, 1.165) is 19.0 Å². The quantitative estimate of drug-likeness (QED) is 0.646. The minimum atomic E-state index is 0.776. The second kappa shape index (κ2) is 9.57. The zero-order chi connectivity index (χ0) is 13.2. The highest BCUT2D eigenvalue weighted by Crippen LogP contribution is 2.17. The lowest BCUT2D eigenvalue weighted by Crippen LogP contribution is -2.25. The lowest BCUT2D eigenvalue weighted by Gasteiger charge is -2.17. The van der Waals surface area contributed by atoms with E-state index in [-0.39, 0.29) is 0 Å². The van der Waals surface area contributed by atoms with Gasteiger partial charge in [0, 0.05) is 4.47 Å². The third-order valence-corrected chi connectivity index (χ3v) is 3.79. The molecule has 0 saturated heterocycles. The summed E-state index contributed by atoms with van der Waals surface area (Å²) < 4.78 is 1.17. The zero-order valence-corrected chi connectivity index (χ0v) is 13.3. The molecule has 18 heavy (non-hydrogen) atoms. The molecule has 1 rings (SSSR count). The maximum atomic E-state index is 3.57. The predicted molar refractivity (Wildman–Crippen MR) is 84.0 cm³/mol. The molecule has 0 aliphatic heterocycles. The van der Waals surface area contributed by atoms with Crippen LogP contribution in [0.25, 0.3) is 0 Å². The van der Waals surface area contributed by atoms with E-state index in [1.165, 1.54) is 42.1 Å². The van der Waals surface area contributed by atoms with Crippen molar-refractivity contribution >= 4 is 15.9 Å². The van der Waals surface area contributed by atoms with Crippen LogP contribution in [0.3, 0.4) is 0 Å². The van der Waals surface area contributed by atoms with Gasteiger partial charge in [-0.2, -0.15) is 0 Å². The van der Waals surface area contributed by atoms with Crippen molar-refractivity contribution in [3.8, 4) is 0 Å². The Balaban J connectivity index is 2.45. The monoisotopic (exact) mass is 311 g/mol. The van der Waals surface area contributed by atoms with E-state index in [9.17, 15) is 0 Å². The van der Waals surface area contributed by atoms with Crippen molar-refractivity contribution in [2.45, 2.75) is 46.0 Å². The van der Waals surface area contributed by atoms with E-state index in [1.54, 1.807) is 0 Å². The molecular weight excluding hydrogens is 286 g/mol. The Morgan fingerprint density at radius 2 is 1.83 bits per heavy atom. The maximum absolute atomic E-state index is 3.57. The van der Waals surface area contributed by atoms with E-state index >= 15 is 0 Å². The van der Waals surface area contributed by atoms with Crippen molar-refractivity contribution < 1.29 is 0 Å². The summed E-state index contributed by atoms with van der Waals surface area (Å²) in [6, 6.07) is 8.77. The molecule has 1 aromatic rings. The highest BCUT2D eigenvalue weighted by molar-refractivity contribution is 9.10. The smallest absolute Gasteiger partial charge is 0.0175 e. The van der Waals surface area contributed by atoms with Crippen molar-refractivity contribution in [3.63, 3.8) is 0 Å². The topological polar surface area (TPSA) is 12.0 Å². The van der Waals surface area contributed by atoms with Gasteiger partial charge < -0.3 is 5.32 Å². The average Bonchev–Trinajstić information content (AvgIpc) is 2.38. The Kier molecular flexibility index (Phi) is 8.36. The molecule has 0 bridgehead atoms. The maximum Gasteiger partial charge on any atom is 0.0175 e. The minimum absolute atomic E-state index is 0.776. The molecule has 0 heterocycles. The van der Waals surface area contributed by atoms with Crippen molar-refractivity contribution in [1.29, 1.82) is 0 Å². The fourth-order valence-corrected chi connectivity index (χ4v) is 2.47. The summed E-state index contributed by atoms with van der Waals surface area (Å²) >= 11 is 3.49. The van der Waals surface area contributed by atoms with Crippen LogP contribution in [0.4, 0.5) is 0 Å². The number of hydrogen-bond donors (Lipinski definition) is 1. The summed E-state index contributed by atoms with van der Waals surface area (Å²) in [5, 5.41) is 3.57. The van der Waals surface area contributed by atoms with Crippen LogP contribution in [0.2, 0.25) is 0 Å². The van der Waals surface area contributed by atoms with Crippen LogP contribution >= 0.6 is 15.9 Å². The van der Waals surface area contributed by atoms with Gasteiger partial charge in [-0.25, -0.2) is 0 Å². The zero-order valence-electron chi connectivity index (χ0n) is 11.7. The largest absolute Gasteiger partial charge is 0.316 e. The second-order valence-corrected chi connectivity index (χ2v) is 5.96. The second-order valence-electron chi connectivity index (χ2n) is 5.04. The molecule has 1 atom stereocenters. The number of rotatable bonds is 9. The summed E-state index contributed by atoms with van der Waals surface area (Å²) in [6.45, 7) is 6.80. The first-order chi connectivity index (χ1) is 8.76. The molecular formula is C16H26BrN. The van der Waals surface area contributed by atoms with Crippen LogP contribution < -0.4 is 5.32 Å². The molecule has 1 nitrogen and oxygen atoms in total. The van der Waals surface area contributed by atoms with E-state index in [1.807, 2.05) is 0 Å². The van der Waals surface area contributed by atoms with Crippen molar-refractivity contribution in [3.05, 3.63) is 34.3 Å². The van der Waals surface area contributed by atoms with Gasteiger partial charge in [-0.3, -0.25) is 0 Å². The Morgan fingerprint density at radius 3 is 2.44 bits per heavy atom. The molecule has 0 amide bonds. The van der Waals surface area contributed by atoms with Gasteiger partial charge in [-0.05, 0) is 56.0 Å². The minimum Gasteiger partial charge on any atom is -0.316 e. The Labute approximate surface area is 120 Å². The van der Waals surface area contributed by atoms with Crippen LogP contribution in [0, 0.1) is 5.92 Å².